The van der Waals surface area contributed by atoms with E-state index in [1.165, 1.54) is 16.7 Å². The quantitative estimate of drug-likeness (QED) is 0.374. The van der Waals surface area contributed by atoms with Gasteiger partial charge in [-0.15, -0.1) is 0 Å². The van der Waals surface area contributed by atoms with Crippen LogP contribution in [0.15, 0.2) is 66.7 Å². The smallest absolute Gasteiger partial charge is 0.138 e. The van der Waals surface area contributed by atoms with Crippen molar-refractivity contribution in [2.75, 3.05) is 26.2 Å². The van der Waals surface area contributed by atoms with E-state index in [1.54, 1.807) is 0 Å². The predicted octanol–water partition coefficient (Wildman–Crippen LogP) is 5.85. The summed E-state index contributed by atoms with van der Waals surface area (Å²) in [7, 11) is 0. The first-order valence-electron chi connectivity index (χ1n) is 11.1. The molecular formula is C27H31N3O. The van der Waals surface area contributed by atoms with E-state index >= 15 is 0 Å². The Morgan fingerprint density at radius 2 is 1.74 bits per heavy atom. The lowest BCUT2D eigenvalue weighted by Crippen LogP contribution is -2.27. The third-order valence-corrected chi connectivity index (χ3v) is 5.74. The minimum atomic E-state index is 0.677. The molecule has 4 rings (SSSR count). The normalized spacial score (nSPS) is 11.4. The van der Waals surface area contributed by atoms with Crippen LogP contribution in [-0.2, 0) is 6.42 Å². The zero-order valence-corrected chi connectivity index (χ0v) is 18.7. The number of aromatic amines is 1. The number of aryl methyl sites for hydroxylation is 1. The van der Waals surface area contributed by atoms with Crippen LogP contribution in [0.2, 0.25) is 0 Å². The molecule has 0 unspecified atom stereocenters. The Morgan fingerprint density at radius 1 is 0.935 bits per heavy atom. The topological polar surface area (TPSA) is 41.1 Å². The van der Waals surface area contributed by atoms with Gasteiger partial charge in [0.15, 0.2) is 0 Å². The molecule has 1 aromatic heterocycles. The molecule has 4 aromatic rings. The van der Waals surface area contributed by atoms with E-state index < -0.39 is 0 Å². The molecule has 4 nitrogen and oxygen atoms in total. The highest BCUT2D eigenvalue weighted by Crippen LogP contribution is 2.29. The maximum absolute atomic E-state index is 6.17. The highest BCUT2D eigenvalue weighted by Gasteiger charge is 2.13. The molecule has 160 valence electrons. The summed E-state index contributed by atoms with van der Waals surface area (Å²) in [6.45, 7) is 10.2. The third kappa shape index (κ3) is 5.15. The number of hydrogen-bond acceptors (Lipinski definition) is 3. The van der Waals surface area contributed by atoms with Gasteiger partial charge in [-0.3, -0.25) is 0 Å². The molecule has 0 aliphatic carbocycles. The Bertz CT molecular complexity index is 1130. The van der Waals surface area contributed by atoms with Crippen LogP contribution in [0.3, 0.4) is 0 Å². The SMILES string of the molecule is CCN(CC)CCOc1cc(Cc2ccccc2)c2nc(-c3cccc(C)c3)[nH]c2c1. The number of ether oxygens (including phenoxy) is 1. The molecule has 0 saturated carbocycles. The van der Waals surface area contributed by atoms with E-state index in [0.717, 1.165) is 54.2 Å². The highest BCUT2D eigenvalue weighted by molar-refractivity contribution is 5.84. The van der Waals surface area contributed by atoms with Crippen molar-refractivity contribution in [3.05, 3.63) is 83.4 Å². The number of nitrogens with zero attached hydrogens (tertiary/aromatic N) is 2. The molecule has 0 spiro atoms. The van der Waals surface area contributed by atoms with Crippen LogP contribution < -0.4 is 4.74 Å². The van der Waals surface area contributed by atoms with E-state index in [-0.39, 0.29) is 0 Å². The van der Waals surface area contributed by atoms with Crippen molar-refractivity contribution >= 4 is 11.0 Å². The first kappa shape index (κ1) is 21.1. The standard InChI is InChI=1S/C27H31N3O/c1-4-30(5-2)14-15-31-24-18-23(17-21-11-7-6-8-12-21)26-25(19-24)28-27(29-26)22-13-9-10-20(3)16-22/h6-13,16,18-19H,4-5,14-15,17H2,1-3H3,(H,28,29). The fourth-order valence-electron chi connectivity index (χ4n) is 3.96. The molecule has 0 radical (unpaired) electrons. The molecule has 3 aromatic carbocycles. The van der Waals surface area contributed by atoms with Crippen LogP contribution in [0.1, 0.15) is 30.5 Å². The van der Waals surface area contributed by atoms with Crippen molar-refractivity contribution in [2.45, 2.75) is 27.2 Å². The van der Waals surface area contributed by atoms with Crippen molar-refractivity contribution < 1.29 is 4.74 Å². The summed E-state index contributed by atoms with van der Waals surface area (Å²) in [6, 6.07) is 23.2. The Balaban J connectivity index is 1.68. The van der Waals surface area contributed by atoms with Crippen molar-refractivity contribution in [2.24, 2.45) is 0 Å². The van der Waals surface area contributed by atoms with E-state index in [4.69, 9.17) is 9.72 Å². The maximum Gasteiger partial charge on any atom is 0.138 e. The van der Waals surface area contributed by atoms with Crippen LogP contribution in [0, 0.1) is 6.92 Å². The second kappa shape index (κ2) is 9.80. The number of fused-ring (bicyclic) bond motifs is 1. The number of benzene rings is 3. The van der Waals surface area contributed by atoms with Crippen LogP contribution in [0.25, 0.3) is 22.4 Å². The summed E-state index contributed by atoms with van der Waals surface area (Å²) in [6.07, 6.45) is 0.822. The molecule has 0 aliphatic rings. The van der Waals surface area contributed by atoms with Crippen molar-refractivity contribution in [3.63, 3.8) is 0 Å². The zero-order chi connectivity index (χ0) is 21.6. The molecule has 1 N–H and O–H groups in total. The Kier molecular flexibility index (Phi) is 6.68. The summed E-state index contributed by atoms with van der Waals surface area (Å²) in [5, 5.41) is 0. The second-order valence-electron chi connectivity index (χ2n) is 7.97. The van der Waals surface area contributed by atoms with Gasteiger partial charge in [0, 0.05) is 18.2 Å². The van der Waals surface area contributed by atoms with E-state index in [1.807, 2.05) is 0 Å². The first-order chi connectivity index (χ1) is 15.2. The van der Waals surface area contributed by atoms with Crippen LogP contribution >= 0.6 is 0 Å². The van der Waals surface area contributed by atoms with E-state index in [0.29, 0.717) is 6.61 Å². The number of rotatable bonds is 9. The number of likely N-dealkylation sites (N-methyl/N-ethyl adjacent to an activating group) is 1. The fraction of sp³-hybridized carbons (Fsp3) is 0.296. The van der Waals surface area contributed by atoms with Crippen molar-refractivity contribution in [1.29, 1.82) is 0 Å². The molecule has 0 saturated heterocycles. The van der Waals surface area contributed by atoms with Gasteiger partial charge < -0.3 is 14.6 Å². The van der Waals surface area contributed by atoms with Crippen LogP contribution in [-0.4, -0.2) is 41.1 Å². The van der Waals surface area contributed by atoms with Crippen molar-refractivity contribution in [1.82, 2.24) is 14.9 Å². The molecule has 0 bridgehead atoms. The second-order valence-corrected chi connectivity index (χ2v) is 7.97. The lowest BCUT2D eigenvalue weighted by Gasteiger charge is -2.18. The molecule has 0 amide bonds. The molecule has 0 fully saturated rings. The van der Waals surface area contributed by atoms with Crippen molar-refractivity contribution in [3.8, 4) is 17.1 Å². The predicted molar refractivity (Wildman–Crippen MR) is 129 cm³/mol. The van der Waals surface area contributed by atoms with Crippen LogP contribution in [0.4, 0.5) is 0 Å². The first-order valence-corrected chi connectivity index (χ1v) is 11.1. The molecule has 0 aliphatic heterocycles. The number of imidazole rings is 1. The third-order valence-electron chi connectivity index (χ3n) is 5.74. The zero-order valence-electron chi connectivity index (χ0n) is 18.7. The van der Waals surface area contributed by atoms with Crippen LogP contribution in [0.5, 0.6) is 5.75 Å². The summed E-state index contributed by atoms with van der Waals surface area (Å²) in [4.78, 5) is 10.9. The summed E-state index contributed by atoms with van der Waals surface area (Å²) in [5.41, 5.74) is 6.80. The monoisotopic (exact) mass is 413 g/mol. The molecule has 0 atom stereocenters. The maximum atomic E-state index is 6.17. The number of hydrogen-bond donors (Lipinski definition) is 1. The van der Waals surface area contributed by atoms with Gasteiger partial charge in [0.1, 0.15) is 18.2 Å². The number of nitrogens with one attached hydrogen (secondary N) is 1. The average Bonchev–Trinajstić information content (AvgIpc) is 3.22. The van der Waals surface area contributed by atoms with E-state index in [2.05, 4.69) is 97.4 Å². The highest BCUT2D eigenvalue weighted by atomic mass is 16.5. The molecule has 1 heterocycles. The summed E-state index contributed by atoms with van der Waals surface area (Å²) >= 11 is 0. The minimum Gasteiger partial charge on any atom is -0.492 e. The van der Waals surface area contributed by atoms with E-state index in [9.17, 15) is 0 Å². The average molecular weight is 414 g/mol. The fourth-order valence-corrected chi connectivity index (χ4v) is 3.96. The van der Waals surface area contributed by atoms with Gasteiger partial charge in [0.2, 0.25) is 0 Å². The Morgan fingerprint density at radius 3 is 2.48 bits per heavy atom. The molecule has 4 heteroatoms. The van der Waals surface area contributed by atoms with Gasteiger partial charge in [-0.1, -0.05) is 67.9 Å². The van der Waals surface area contributed by atoms with Gasteiger partial charge in [-0.2, -0.15) is 0 Å². The van der Waals surface area contributed by atoms with Gasteiger partial charge in [-0.05, 0) is 49.7 Å². The lowest BCUT2D eigenvalue weighted by molar-refractivity contribution is 0.223. The minimum absolute atomic E-state index is 0.677. The van der Waals surface area contributed by atoms with Gasteiger partial charge in [0.05, 0.1) is 11.0 Å². The molecule has 31 heavy (non-hydrogen) atoms. The Labute approximate surface area is 184 Å². The van der Waals surface area contributed by atoms with Gasteiger partial charge in [0.25, 0.3) is 0 Å². The largest absolute Gasteiger partial charge is 0.492 e. The molecular weight excluding hydrogens is 382 g/mol. The Hall–Kier alpha value is -3.11. The summed E-state index contributed by atoms with van der Waals surface area (Å²) in [5.74, 6) is 1.79. The van der Waals surface area contributed by atoms with Gasteiger partial charge in [-0.25, -0.2) is 4.98 Å². The van der Waals surface area contributed by atoms with Gasteiger partial charge >= 0.3 is 0 Å². The lowest BCUT2D eigenvalue weighted by atomic mass is 10.0. The summed E-state index contributed by atoms with van der Waals surface area (Å²) < 4.78 is 6.17. The number of H-pyrrole nitrogens is 1. The number of aromatic nitrogens is 2.